The number of ether oxygens (including phenoxy) is 1. The Kier molecular flexibility index (Phi) is 10.4. The first-order valence-corrected chi connectivity index (χ1v) is 10.8. The van der Waals surface area contributed by atoms with Crippen molar-refractivity contribution in [1.82, 2.24) is 15.5 Å². The van der Waals surface area contributed by atoms with Crippen molar-refractivity contribution in [1.29, 1.82) is 0 Å². The summed E-state index contributed by atoms with van der Waals surface area (Å²) >= 11 is 0. The molecule has 1 rings (SSSR count). The molecule has 0 aliphatic carbocycles. The third kappa shape index (κ3) is 9.23. The number of aryl methyl sites for hydroxylation is 1. The molecule has 2 unspecified atom stereocenters. The minimum Gasteiger partial charge on any atom is -0.444 e. The lowest BCUT2D eigenvalue weighted by atomic mass is 10.0. The number of unbranched alkanes of at least 4 members (excludes halogenated alkanes) is 1. The lowest BCUT2D eigenvalue weighted by Crippen LogP contribution is -2.52. The number of alkyl carbamates (subject to hydrolysis) is 1. The molecule has 0 saturated heterocycles. The van der Waals surface area contributed by atoms with E-state index in [0.717, 1.165) is 23.3 Å². The van der Waals surface area contributed by atoms with Crippen LogP contribution in [0.2, 0.25) is 0 Å². The van der Waals surface area contributed by atoms with Crippen LogP contribution in [0.1, 0.15) is 64.1 Å². The van der Waals surface area contributed by atoms with Crippen LogP contribution in [0.25, 0.3) is 0 Å². The van der Waals surface area contributed by atoms with Crippen LogP contribution in [0.5, 0.6) is 0 Å². The highest BCUT2D eigenvalue weighted by molar-refractivity contribution is 5.95. The summed E-state index contributed by atoms with van der Waals surface area (Å²) in [6, 6.07) is 6.67. The summed E-state index contributed by atoms with van der Waals surface area (Å²) in [5.74, 6) is -2.14. The summed E-state index contributed by atoms with van der Waals surface area (Å²) in [4.78, 5) is 51.2. The van der Waals surface area contributed by atoms with Crippen molar-refractivity contribution in [2.45, 2.75) is 71.6 Å². The predicted molar refractivity (Wildman–Crippen MR) is 124 cm³/mol. The van der Waals surface area contributed by atoms with Crippen LogP contribution in [0, 0.1) is 19.4 Å². The third-order valence-corrected chi connectivity index (χ3v) is 4.46. The average molecular weight is 459 g/mol. The van der Waals surface area contributed by atoms with Gasteiger partial charge >= 0.3 is 6.09 Å². The molecule has 0 aliphatic rings. The van der Waals surface area contributed by atoms with Gasteiger partial charge in [0, 0.05) is 12.6 Å². The molecule has 33 heavy (non-hydrogen) atoms. The number of benzene rings is 1. The first-order valence-electron chi connectivity index (χ1n) is 10.8. The average Bonchev–Trinajstić information content (AvgIpc) is 2.69. The van der Waals surface area contributed by atoms with Crippen molar-refractivity contribution in [2.75, 3.05) is 6.54 Å². The van der Waals surface area contributed by atoms with Gasteiger partial charge in [0.2, 0.25) is 11.8 Å². The molecule has 1 aromatic rings. The van der Waals surface area contributed by atoms with Gasteiger partial charge in [0.1, 0.15) is 17.7 Å². The molecule has 0 saturated carbocycles. The number of hydrogen-bond acceptors (Lipinski definition) is 5. The molecule has 2 atom stereocenters. The zero-order valence-electron chi connectivity index (χ0n) is 19.9. The van der Waals surface area contributed by atoms with Gasteiger partial charge < -0.3 is 21.1 Å². The molecule has 4 N–H and O–H groups in total. The zero-order valence-corrected chi connectivity index (χ0v) is 19.9. The molecule has 0 spiro atoms. The quantitative estimate of drug-likeness (QED) is 0.281. The Labute approximate surface area is 195 Å². The molecule has 0 aliphatic heterocycles. The van der Waals surface area contributed by atoms with Gasteiger partial charge in [-0.05, 0) is 39.7 Å². The van der Waals surface area contributed by atoms with Crippen LogP contribution in [0.4, 0.5) is 4.79 Å². The van der Waals surface area contributed by atoms with E-state index in [4.69, 9.17) is 16.9 Å². The Morgan fingerprint density at radius 2 is 1.91 bits per heavy atom. The van der Waals surface area contributed by atoms with E-state index in [1.54, 1.807) is 39.0 Å². The molecule has 4 amide bonds. The number of rotatable bonds is 10. The Bertz CT molecular complexity index is 901. The molecule has 1 aromatic carbocycles. The van der Waals surface area contributed by atoms with E-state index in [1.165, 1.54) is 0 Å². The molecular formula is C24H34N4O5. The molecule has 0 heterocycles. The van der Waals surface area contributed by atoms with Gasteiger partial charge in [-0.25, -0.2) is 4.79 Å². The highest BCUT2D eigenvalue weighted by Gasteiger charge is 2.36. The summed E-state index contributed by atoms with van der Waals surface area (Å²) in [6.45, 7) is 9.19. The lowest BCUT2D eigenvalue weighted by molar-refractivity contribution is -0.139. The molecule has 0 radical (unpaired) electrons. The van der Waals surface area contributed by atoms with Crippen LogP contribution in [-0.2, 0) is 19.1 Å². The summed E-state index contributed by atoms with van der Waals surface area (Å²) in [6.07, 6.45) is 5.84. The Morgan fingerprint density at radius 3 is 2.42 bits per heavy atom. The van der Waals surface area contributed by atoms with E-state index in [0.29, 0.717) is 12.1 Å². The van der Waals surface area contributed by atoms with E-state index in [1.807, 2.05) is 19.9 Å². The van der Waals surface area contributed by atoms with Gasteiger partial charge in [0.25, 0.3) is 5.91 Å². The van der Waals surface area contributed by atoms with Crippen LogP contribution in [0.15, 0.2) is 24.3 Å². The minimum absolute atomic E-state index is 0.408. The SMILES string of the molecule is C#CN(C(=O)C(CC(N)=O)NC(=O)OC(C)(C)C)C(C(=O)NCCCC)c1cccc(C)c1. The van der Waals surface area contributed by atoms with Crippen molar-refractivity contribution < 1.29 is 23.9 Å². The monoisotopic (exact) mass is 458 g/mol. The number of carbonyl (C=O) groups excluding carboxylic acids is 4. The summed E-state index contributed by atoms with van der Waals surface area (Å²) < 4.78 is 5.18. The van der Waals surface area contributed by atoms with E-state index < -0.39 is 47.9 Å². The van der Waals surface area contributed by atoms with Crippen molar-refractivity contribution in [3.63, 3.8) is 0 Å². The fourth-order valence-electron chi connectivity index (χ4n) is 3.03. The fourth-order valence-corrected chi connectivity index (χ4v) is 3.03. The number of terminal acetylenes is 1. The predicted octanol–water partition coefficient (Wildman–Crippen LogP) is 2.14. The topological polar surface area (TPSA) is 131 Å². The number of nitrogens with one attached hydrogen (secondary N) is 2. The summed E-state index contributed by atoms with van der Waals surface area (Å²) in [5, 5.41) is 5.14. The number of primary amides is 1. The van der Waals surface area contributed by atoms with Crippen molar-refractivity contribution >= 4 is 23.8 Å². The van der Waals surface area contributed by atoms with Gasteiger partial charge in [-0.15, -0.1) is 0 Å². The Balaban J connectivity index is 3.32. The van der Waals surface area contributed by atoms with Gasteiger partial charge in [-0.3, -0.25) is 19.3 Å². The Hall–Kier alpha value is -3.54. The van der Waals surface area contributed by atoms with Crippen LogP contribution in [0.3, 0.4) is 0 Å². The van der Waals surface area contributed by atoms with Crippen molar-refractivity contribution in [2.24, 2.45) is 5.73 Å². The second-order valence-corrected chi connectivity index (χ2v) is 8.67. The number of amides is 4. The van der Waals surface area contributed by atoms with Crippen LogP contribution in [-0.4, -0.2) is 46.9 Å². The second kappa shape index (κ2) is 12.5. The van der Waals surface area contributed by atoms with E-state index in [-0.39, 0.29) is 0 Å². The smallest absolute Gasteiger partial charge is 0.408 e. The zero-order chi connectivity index (χ0) is 25.2. The summed E-state index contributed by atoms with van der Waals surface area (Å²) in [7, 11) is 0. The van der Waals surface area contributed by atoms with Gasteiger partial charge in [-0.1, -0.05) is 49.6 Å². The highest BCUT2D eigenvalue weighted by atomic mass is 16.6. The number of nitrogens with two attached hydrogens (primary N) is 1. The summed E-state index contributed by atoms with van der Waals surface area (Å²) in [5.41, 5.74) is 5.81. The van der Waals surface area contributed by atoms with Crippen molar-refractivity contribution in [3.05, 3.63) is 35.4 Å². The van der Waals surface area contributed by atoms with Gasteiger partial charge in [0.15, 0.2) is 0 Å². The second-order valence-electron chi connectivity index (χ2n) is 8.67. The van der Waals surface area contributed by atoms with Gasteiger partial charge in [-0.2, -0.15) is 0 Å². The molecule has 9 nitrogen and oxygen atoms in total. The van der Waals surface area contributed by atoms with E-state index >= 15 is 0 Å². The Morgan fingerprint density at radius 1 is 1.24 bits per heavy atom. The first kappa shape index (κ1) is 27.5. The third-order valence-electron chi connectivity index (χ3n) is 4.46. The molecule has 180 valence electrons. The van der Waals surface area contributed by atoms with Crippen LogP contribution >= 0.6 is 0 Å². The van der Waals surface area contributed by atoms with Crippen LogP contribution < -0.4 is 16.4 Å². The molecule has 9 heteroatoms. The van der Waals surface area contributed by atoms with Crippen molar-refractivity contribution in [3.8, 4) is 12.5 Å². The normalized spacial score (nSPS) is 12.6. The minimum atomic E-state index is -1.41. The fraction of sp³-hybridized carbons (Fsp3) is 0.500. The molecular weight excluding hydrogens is 424 g/mol. The number of hydrogen-bond donors (Lipinski definition) is 3. The van der Waals surface area contributed by atoms with E-state index in [2.05, 4.69) is 16.7 Å². The largest absolute Gasteiger partial charge is 0.444 e. The number of nitrogens with zero attached hydrogens (tertiary/aromatic N) is 1. The molecule has 0 aromatic heterocycles. The molecule has 0 fully saturated rings. The number of carbonyl (C=O) groups is 4. The standard InChI is InChI=1S/C24H34N4O5/c1-7-9-13-26-21(30)20(17-12-10-11-16(3)14-17)28(8-2)22(31)18(15-19(25)29)27-23(32)33-24(4,5)6/h2,10-12,14,18,20H,7,9,13,15H2,1,3-6H3,(H2,25,29)(H,26,30)(H,27,32). The maximum atomic E-state index is 13.4. The maximum Gasteiger partial charge on any atom is 0.408 e. The highest BCUT2D eigenvalue weighted by Crippen LogP contribution is 2.23. The lowest BCUT2D eigenvalue weighted by Gasteiger charge is -2.30. The molecule has 0 bridgehead atoms. The first-order chi connectivity index (χ1) is 15.4. The van der Waals surface area contributed by atoms with E-state index in [9.17, 15) is 19.2 Å². The maximum absolute atomic E-state index is 13.4. The van der Waals surface area contributed by atoms with Gasteiger partial charge in [0.05, 0.1) is 6.42 Å².